The lowest BCUT2D eigenvalue weighted by Crippen LogP contribution is -2.09. The number of anilines is 1. The maximum atomic E-state index is 4.56. The number of aryl methyl sites for hydroxylation is 1. The molecular weight excluding hydrogens is 302 g/mol. The number of halogens is 1. The molecule has 3 aromatic rings. The number of nitrogens with one attached hydrogen (secondary N) is 1. The van der Waals surface area contributed by atoms with E-state index in [1.807, 2.05) is 43.3 Å². The number of hydrogen-bond acceptors (Lipinski definition) is 2. The van der Waals surface area contributed by atoms with Gasteiger partial charge in [0.05, 0.1) is 17.7 Å². The molecule has 3 nitrogen and oxygen atoms in total. The minimum Gasteiger partial charge on any atom is -0.366 e. The first-order chi connectivity index (χ1) is 9.25. The number of para-hydroxylation sites is 3. The Morgan fingerprint density at radius 2 is 1.84 bits per heavy atom. The Morgan fingerprint density at radius 3 is 2.68 bits per heavy atom. The fourth-order valence-electron chi connectivity index (χ4n) is 2.16. The zero-order chi connectivity index (χ0) is 13.2. The van der Waals surface area contributed by atoms with E-state index >= 15 is 0 Å². The van der Waals surface area contributed by atoms with Crippen molar-refractivity contribution < 1.29 is 0 Å². The molecule has 1 N–H and O–H groups in total. The van der Waals surface area contributed by atoms with Gasteiger partial charge in [-0.1, -0.05) is 24.3 Å². The predicted octanol–water partition coefficient (Wildman–Crippen LogP) is 4.18. The molecule has 0 saturated carbocycles. The van der Waals surface area contributed by atoms with Gasteiger partial charge in [-0.05, 0) is 47.1 Å². The van der Waals surface area contributed by atoms with Crippen LogP contribution in [0.5, 0.6) is 0 Å². The Hall–Kier alpha value is -1.81. The molecule has 2 aromatic carbocycles. The summed E-state index contributed by atoms with van der Waals surface area (Å²) in [6, 6.07) is 16.3. The standard InChI is InChI=1S/C15H14BrN3/c1-11-18-14-8-4-5-9-15(14)19(11)10-17-13-7-3-2-6-12(13)16/h2-9,17H,10H2,1H3. The van der Waals surface area contributed by atoms with Gasteiger partial charge in [-0.25, -0.2) is 4.98 Å². The second-order valence-electron chi connectivity index (χ2n) is 4.39. The second-order valence-corrected chi connectivity index (χ2v) is 5.24. The van der Waals surface area contributed by atoms with Crippen LogP contribution in [0.25, 0.3) is 11.0 Å². The molecule has 0 unspecified atom stereocenters. The van der Waals surface area contributed by atoms with Crippen LogP contribution in [0.15, 0.2) is 53.0 Å². The van der Waals surface area contributed by atoms with Gasteiger partial charge in [0.15, 0.2) is 0 Å². The van der Waals surface area contributed by atoms with Crippen LogP contribution in [0, 0.1) is 6.92 Å². The highest BCUT2D eigenvalue weighted by molar-refractivity contribution is 9.10. The summed E-state index contributed by atoms with van der Waals surface area (Å²) in [5, 5.41) is 3.42. The molecule has 96 valence electrons. The third-order valence-electron chi connectivity index (χ3n) is 3.15. The summed E-state index contributed by atoms with van der Waals surface area (Å²) in [5.41, 5.74) is 3.27. The molecule has 1 heterocycles. The third kappa shape index (κ3) is 2.36. The quantitative estimate of drug-likeness (QED) is 0.786. The van der Waals surface area contributed by atoms with Crippen LogP contribution in [0.3, 0.4) is 0 Å². The number of imidazole rings is 1. The van der Waals surface area contributed by atoms with E-state index in [-0.39, 0.29) is 0 Å². The Balaban J connectivity index is 1.90. The van der Waals surface area contributed by atoms with Crippen molar-refractivity contribution in [2.45, 2.75) is 13.6 Å². The highest BCUT2D eigenvalue weighted by atomic mass is 79.9. The Morgan fingerprint density at radius 1 is 1.11 bits per heavy atom. The van der Waals surface area contributed by atoms with Crippen LogP contribution in [0.2, 0.25) is 0 Å². The minimum atomic E-state index is 0.703. The molecule has 4 heteroatoms. The van der Waals surface area contributed by atoms with Crippen LogP contribution in [-0.4, -0.2) is 9.55 Å². The number of nitrogens with zero attached hydrogens (tertiary/aromatic N) is 2. The first kappa shape index (κ1) is 12.2. The van der Waals surface area contributed by atoms with E-state index in [2.05, 4.69) is 42.9 Å². The van der Waals surface area contributed by atoms with Crippen molar-refractivity contribution in [2.75, 3.05) is 5.32 Å². The van der Waals surface area contributed by atoms with Gasteiger partial charge in [0, 0.05) is 10.2 Å². The molecule has 0 amide bonds. The smallest absolute Gasteiger partial charge is 0.108 e. The largest absolute Gasteiger partial charge is 0.366 e. The molecule has 0 aliphatic rings. The summed E-state index contributed by atoms with van der Waals surface area (Å²) in [5.74, 6) is 1.01. The Kier molecular flexibility index (Phi) is 3.25. The van der Waals surface area contributed by atoms with Crippen LogP contribution < -0.4 is 5.32 Å². The van der Waals surface area contributed by atoms with Crippen molar-refractivity contribution in [3.8, 4) is 0 Å². The van der Waals surface area contributed by atoms with Crippen LogP contribution >= 0.6 is 15.9 Å². The second kappa shape index (κ2) is 5.05. The highest BCUT2D eigenvalue weighted by Crippen LogP contribution is 2.22. The van der Waals surface area contributed by atoms with E-state index < -0.39 is 0 Å². The van der Waals surface area contributed by atoms with Crippen molar-refractivity contribution in [2.24, 2.45) is 0 Å². The highest BCUT2D eigenvalue weighted by Gasteiger charge is 2.06. The van der Waals surface area contributed by atoms with E-state index in [0.29, 0.717) is 6.67 Å². The zero-order valence-corrected chi connectivity index (χ0v) is 12.2. The van der Waals surface area contributed by atoms with Crippen molar-refractivity contribution in [3.05, 3.63) is 58.8 Å². The van der Waals surface area contributed by atoms with Gasteiger partial charge in [-0.2, -0.15) is 0 Å². The fraction of sp³-hybridized carbons (Fsp3) is 0.133. The van der Waals surface area contributed by atoms with E-state index in [4.69, 9.17) is 0 Å². The summed E-state index contributed by atoms with van der Waals surface area (Å²) in [7, 11) is 0. The van der Waals surface area contributed by atoms with Gasteiger partial charge in [0.1, 0.15) is 5.82 Å². The summed E-state index contributed by atoms with van der Waals surface area (Å²) in [4.78, 5) is 4.56. The third-order valence-corrected chi connectivity index (χ3v) is 3.84. The Labute approximate surface area is 120 Å². The maximum absolute atomic E-state index is 4.56. The van der Waals surface area contributed by atoms with Crippen LogP contribution in [-0.2, 0) is 6.67 Å². The normalized spacial score (nSPS) is 10.8. The molecule has 0 radical (unpaired) electrons. The lowest BCUT2D eigenvalue weighted by molar-refractivity contribution is 0.765. The van der Waals surface area contributed by atoms with E-state index in [9.17, 15) is 0 Å². The number of aromatic nitrogens is 2. The lowest BCUT2D eigenvalue weighted by atomic mass is 10.3. The summed E-state index contributed by atoms with van der Waals surface area (Å²) < 4.78 is 3.24. The summed E-state index contributed by atoms with van der Waals surface area (Å²) in [6.45, 7) is 2.73. The molecule has 0 atom stereocenters. The average molecular weight is 316 g/mol. The zero-order valence-electron chi connectivity index (χ0n) is 10.6. The van der Waals surface area contributed by atoms with Gasteiger partial charge in [0.25, 0.3) is 0 Å². The summed E-state index contributed by atoms with van der Waals surface area (Å²) >= 11 is 3.54. The topological polar surface area (TPSA) is 29.9 Å². The maximum Gasteiger partial charge on any atom is 0.108 e. The average Bonchev–Trinajstić information content (AvgIpc) is 2.74. The molecule has 1 aromatic heterocycles. The van der Waals surface area contributed by atoms with Gasteiger partial charge in [0.2, 0.25) is 0 Å². The van der Waals surface area contributed by atoms with Gasteiger partial charge in [-0.3, -0.25) is 0 Å². The van der Waals surface area contributed by atoms with Gasteiger partial charge >= 0.3 is 0 Å². The number of fused-ring (bicyclic) bond motifs is 1. The molecule has 0 fully saturated rings. The lowest BCUT2D eigenvalue weighted by Gasteiger charge is -2.11. The fourth-order valence-corrected chi connectivity index (χ4v) is 2.59. The molecular formula is C15H14BrN3. The number of hydrogen-bond donors (Lipinski definition) is 1. The first-order valence-electron chi connectivity index (χ1n) is 6.16. The minimum absolute atomic E-state index is 0.703. The van der Waals surface area contributed by atoms with Crippen molar-refractivity contribution in [1.82, 2.24) is 9.55 Å². The van der Waals surface area contributed by atoms with Crippen molar-refractivity contribution in [3.63, 3.8) is 0 Å². The Bertz CT molecular complexity index is 718. The molecule has 0 aliphatic heterocycles. The van der Waals surface area contributed by atoms with Crippen molar-refractivity contribution >= 4 is 32.7 Å². The first-order valence-corrected chi connectivity index (χ1v) is 6.95. The van der Waals surface area contributed by atoms with Crippen molar-refractivity contribution in [1.29, 1.82) is 0 Å². The number of rotatable bonds is 3. The van der Waals surface area contributed by atoms with E-state index in [1.165, 1.54) is 0 Å². The molecule has 0 bridgehead atoms. The van der Waals surface area contributed by atoms with E-state index in [1.54, 1.807) is 0 Å². The van der Waals surface area contributed by atoms with Crippen LogP contribution in [0.1, 0.15) is 5.82 Å². The van der Waals surface area contributed by atoms with Crippen LogP contribution in [0.4, 0.5) is 5.69 Å². The molecule has 0 spiro atoms. The molecule has 19 heavy (non-hydrogen) atoms. The SMILES string of the molecule is Cc1nc2ccccc2n1CNc1ccccc1Br. The monoisotopic (exact) mass is 315 g/mol. The molecule has 3 rings (SSSR count). The molecule has 0 saturated heterocycles. The van der Waals surface area contributed by atoms with Gasteiger partial charge in [-0.15, -0.1) is 0 Å². The number of benzene rings is 2. The predicted molar refractivity (Wildman–Crippen MR) is 82.2 cm³/mol. The van der Waals surface area contributed by atoms with E-state index in [0.717, 1.165) is 27.0 Å². The van der Waals surface area contributed by atoms with Gasteiger partial charge < -0.3 is 9.88 Å². The summed E-state index contributed by atoms with van der Waals surface area (Å²) in [6.07, 6.45) is 0. The molecule has 0 aliphatic carbocycles.